The molecule has 1 aromatic rings. The van der Waals surface area contributed by atoms with Gasteiger partial charge in [-0.3, -0.25) is 0 Å². The van der Waals surface area contributed by atoms with Crippen LogP contribution < -0.4 is 10.1 Å². The molecule has 0 aliphatic rings. The Balaban J connectivity index is 2.41. The van der Waals surface area contributed by atoms with Gasteiger partial charge in [-0.1, -0.05) is 5.92 Å². The third-order valence-corrected chi connectivity index (χ3v) is 2.63. The Morgan fingerprint density at radius 2 is 2.38 bits per heavy atom. The quantitative estimate of drug-likeness (QED) is 0.601. The fourth-order valence-corrected chi connectivity index (χ4v) is 1.63. The molecule has 86 valence electrons. The Kier molecular flexibility index (Phi) is 5.51. The van der Waals surface area contributed by atoms with Gasteiger partial charge in [-0.25, -0.2) is 4.98 Å². The van der Waals surface area contributed by atoms with Gasteiger partial charge in [0.25, 0.3) is 0 Å². The lowest BCUT2D eigenvalue weighted by Gasteiger charge is -2.07. The Labute approximate surface area is 100 Å². The van der Waals surface area contributed by atoms with Crippen molar-refractivity contribution in [3.63, 3.8) is 0 Å². The highest BCUT2D eigenvalue weighted by Crippen LogP contribution is 2.12. The summed E-state index contributed by atoms with van der Waals surface area (Å²) in [5.41, 5.74) is 0. The predicted octanol–water partition coefficient (Wildman–Crippen LogP) is 1.57. The van der Waals surface area contributed by atoms with E-state index in [0.717, 1.165) is 23.9 Å². The minimum absolute atomic E-state index is 0.575. The Morgan fingerprint density at radius 1 is 1.56 bits per heavy atom. The van der Waals surface area contributed by atoms with Gasteiger partial charge in [0.1, 0.15) is 11.6 Å². The van der Waals surface area contributed by atoms with E-state index in [9.17, 15) is 0 Å². The van der Waals surface area contributed by atoms with Crippen LogP contribution in [0.15, 0.2) is 6.07 Å². The van der Waals surface area contributed by atoms with Crippen LogP contribution in [0.5, 0.6) is 5.88 Å². The summed E-state index contributed by atoms with van der Waals surface area (Å²) < 4.78 is 5.06. The first-order valence-corrected chi connectivity index (χ1v) is 6.06. The SMILES string of the molecule is C#CCSCCNc1cc(OC)nc(C)n1. The maximum Gasteiger partial charge on any atom is 0.218 e. The lowest BCUT2D eigenvalue weighted by Crippen LogP contribution is -2.07. The van der Waals surface area contributed by atoms with E-state index < -0.39 is 0 Å². The highest BCUT2D eigenvalue weighted by Gasteiger charge is 2.00. The molecule has 0 fully saturated rings. The van der Waals surface area contributed by atoms with Crippen molar-refractivity contribution >= 4 is 17.6 Å². The zero-order valence-electron chi connectivity index (χ0n) is 9.49. The van der Waals surface area contributed by atoms with E-state index in [1.54, 1.807) is 24.9 Å². The molecule has 0 aromatic carbocycles. The van der Waals surface area contributed by atoms with Crippen molar-refractivity contribution in [2.45, 2.75) is 6.92 Å². The van der Waals surface area contributed by atoms with Crippen LogP contribution >= 0.6 is 11.8 Å². The molecule has 16 heavy (non-hydrogen) atoms. The smallest absolute Gasteiger partial charge is 0.218 e. The van der Waals surface area contributed by atoms with E-state index in [0.29, 0.717) is 11.7 Å². The van der Waals surface area contributed by atoms with Crippen LogP contribution in [0.25, 0.3) is 0 Å². The number of ether oxygens (including phenoxy) is 1. The molecule has 1 rings (SSSR count). The second kappa shape index (κ2) is 6.96. The second-order valence-corrected chi connectivity index (χ2v) is 4.13. The van der Waals surface area contributed by atoms with Crippen LogP contribution in [-0.4, -0.2) is 35.1 Å². The lowest BCUT2D eigenvalue weighted by molar-refractivity contribution is 0.396. The zero-order chi connectivity index (χ0) is 11.8. The monoisotopic (exact) mass is 237 g/mol. The molecule has 0 spiro atoms. The summed E-state index contributed by atoms with van der Waals surface area (Å²) in [5.74, 6) is 6.33. The minimum Gasteiger partial charge on any atom is -0.481 e. The molecule has 0 unspecified atom stereocenters. The molecular weight excluding hydrogens is 222 g/mol. The summed E-state index contributed by atoms with van der Waals surface area (Å²) in [5, 5.41) is 3.20. The van der Waals surface area contributed by atoms with Gasteiger partial charge >= 0.3 is 0 Å². The van der Waals surface area contributed by atoms with Gasteiger partial charge in [-0.2, -0.15) is 4.98 Å². The number of aryl methyl sites for hydroxylation is 1. The van der Waals surface area contributed by atoms with Gasteiger partial charge in [0, 0.05) is 18.4 Å². The number of nitrogens with one attached hydrogen (secondary N) is 1. The topological polar surface area (TPSA) is 47.0 Å². The van der Waals surface area contributed by atoms with E-state index in [-0.39, 0.29) is 0 Å². The van der Waals surface area contributed by atoms with Gasteiger partial charge in [0.15, 0.2) is 0 Å². The molecule has 0 bridgehead atoms. The van der Waals surface area contributed by atoms with Crippen LogP contribution in [0, 0.1) is 19.3 Å². The van der Waals surface area contributed by atoms with Crippen LogP contribution in [0.2, 0.25) is 0 Å². The molecule has 0 radical (unpaired) electrons. The van der Waals surface area contributed by atoms with Gasteiger partial charge < -0.3 is 10.1 Å². The number of methoxy groups -OCH3 is 1. The largest absolute Gasteiger partial charge is 0.481 e. The van der Waals surface area contributed by atoms with Crippen molar-refractivity contribution in [1.82, 2.24) is 9.97 Å². The van der Waals surface area contributed by atoms with Crippen LogP contribution in [0.3, 0.4) is 0 Å². The maximum atomic E-state index is 5.15. The Bertz CT molecular complexity index is 376. The van der Waals surface area contributed by atoms with E-state index in [4.69, 9.17) is 11.2 Å². The molecule has 0 amide bonds. The highest BCUT2D eigenvalue weighted by atomic mass is 32.2. The summed E-state index contributed by atoms with van der Waals surface area (Å²) in [6.45, 7) is 2.66. The third kappa shape index (κ3) is 4.41. The summed E-state index contributed by atoms with van der Waals surface area (Å²) >= 11 is 1.71. The van der Waals surface area contributed by atoms with Gasteiger partial charge in [-0.05, 0) is 6.92 Å². The Morgan fingerprint density at radius 3 is 3.06 bits per heavy atom. The minimum atomic E-state index is 0.575. The number of nitrogens with zero attached hydrogens (tertiary/aromatic N) is 2. The first kappa shape index (κ1) is 12.7. The molecule has 0 saturated carbocycles. The van der Waals surface area contributed by atoms with Crippen molar-refractivity contribution in [1.29, 1.82) is 0 Å². The van der Waals surface area contributed by atoms with E-state index in [1.165, 1.54) is 0 Å². The molecular formula is C11H15N3OS. The van der Waals surface area contributed by atoms with Crippen LogP contribution in [0.4, 0.5) is 5.82 Å². The van der Waals surface area contributed by atoms with E-state index in [2.05, 4.69) is 21.2 Å². The molecule has 0 saturated heterocycles. The lowest BCUT2D eigenvalue weighted by atomic mass is 10.5. The Hall–Kier alpha value is -1.41. The number of rotatable bonds is 6. The predicted molar refractivity (Wildman–Crippen MR) is 68.0 cm³/mol. The number of hydrogen-bond donors (Lipinski definition) is 1. The first-order valence-electron chi connectivity index (χ1n) is 4.91. The van der Waals surface area contributed by atoms with Crippen molar-refractivity contribution in [3.8, 4) is 18.2 Å². The fraction of sp³-hybridized carbons (Fsp3) is 0.455. The molecule has 4 nitrogen and oxygen atoms in total. The van der Waals surface area contributed by atoms with E-state index in [1.807, 2.05) is 6.92 Å². The molecule has 0 aliphatic heterocycles. The first-order chi connectivity index (χ1) is 7.76. The number of anilines is 1. The van der Waals surface area contributed by atoms with Crippen molar-refractivity contribution in [3.05, 3.63) is 11.9 Å². The van der Waals surface area contributed by atoms with Gasteiger partial charge in [0.05, 0.1) is 12.9 Å². The average molecular weight is 237 g/mol. The van der Waals surface area contributed by atoms with Crippen molar-refractivity contribution in [2.24, 2.45) is 0 Å². The molecule has 1 aromatic heterocycles. The zero-order valence-corrected chi connectivity index (χ0v) is 10.3. The summed E-state index contributed by atoms with van der Waals surface area (Å²) in [6.07, 6.45) is 5.15. The second-order valence-electron chi connectivity index (χ2n) is 3.03. The number of aromatic nitrogens is 2. The summed E-state index contributed by atoms with van der Waals surface area (Å²) in [4.78, 5) is 8.35. The highest BCUT2D eigenvalue weighted by molar-refractivity contribution is 7.99. The molecule has 0 atom stereocenters. The fourth-order valence-electron chi connectivity index (χ4n) is 1.12. The number of terminal acetylenes is 1. The third-order valence-electron chi connectivity index (χ3n) is 1.76. The molecule has 0 aliphatic carbocycles. The molecule has 5 heteroatoms. The number of hydrogen-bond acceptors (Lipinski definition) is 5. The van der Waals surface area contributed by atoms with Crippen LogP contribution in [0.1, 0.15) is 5.82 Å². The van der Waals surface area contributed by atoms with Crippen LogP contribution in [-0.2, 0) is 0 Å². The van der Waals surface area contributed by atoms with Crippen molar-refractivity contribution in [2.75, 3.05) is 30.5 Å². The normalized spacial score (nSPS) is 9.56. The molecule has 1 heterocycles. The average Bonchev–Trinajstić information content (AvgIpc) is 2.28. The number of thioether (sulfide) groups is 1. The van der Waals surface area contributed by atoms with Gasteiger partial charge in [0.2, 0.25) is 5.88 Å². The maximum absolute atomic E-state index is 5.15. The summed E-state index contributed by atoms with van der Waals surface area (Å²) in [7, 11) is 1.59. The molecule has 1 N–H and O–H groups in total. The summed E-state index contributed by atoms with van der Waals surface area (Å²) in [6, 6.07) is 1.78. The van der Waals surface area contributed by atoms with E-state index >= 15 is 0 Å². The van der Waals surface area contributed by atoms with Crippen molar-refractivity contribution < 1.29 is 4.74 Å². The standard InChI is InChI=1S/C11H15N3OS/c1-4-6-16-7-5-12-10-8-11(15-3)14-9(2)13-10/h1,8H,5-7H2,2-3H3,(H,12,13,14). The van der Waals surface area contributed by atoms with Gasteiger partial charge in [-0.15, -0.1) is 18.2 Å².